The van der Waals surface area contributed by atoms with E-state index in [4.69, 9.17) is 0 Å². The van der Waals surface area contributed by atoms with E-state index in [1.165, 1.54) is 6.42 Å². The van der Waals surface area contributed by atoms with Gasteiger partial charge in [-0.05, 0) is 19.3 Å². The summed E-state index contributed by atoms with van der Waals surface area (Å²) in [5.74, 6) is 0. The van der Waals surface area contributed by atoms with Crippen molar-refractivity contribution in [3.05, 3.63) is 0 Å². The minimum absolute atomic E-state index is 0.171. The van der Waals surface area contributed by atoms with E-state index < -0.39 is 5.60 Å². The van der Waals surface area contributed by atoms with Crippen LogP contribution in [0.25, 0.3) is 0 Å². The van der Waals surface area contributed by atoms with Crippen molar-refractivity contribution >= 4 is 6.03 Å². The summed E-state index contributed by atoms with van der Waals surface area (Å²) in [6.45, 7) is 3.07. The van der Waals surface area contributed by atoms with E-state index in [0.717, 1.165) is 32.1 Å². The summed E-state index contributed by atoms with van der Waals surface area (Å²) in [6, 6.07) is -0.171. The van der Waals surface area contributed by atoms with Gasteiger partial charge in [0, 0.05) is 13.1 Å². The van der Waals surface area contributed by atoms with E-state index in [2.05, 4.69) is 10.6 Å². The summed E-state index contributed by atoms with van der Waals surface area (Å²) in [5.41, 5.74) is -0.665. The molecule has 4 heteroatoms. The van der Waals surface area contributed by atoms with Gasteiger partial charge in [-0.3, -0.25) is 0 Å². The van der Waals surface area contributed by atoms with Crippen LogP contribution >= 0.6 is 0 Å². The Morgan fingerprint density at radius 2 is 1.93 bits per heavy atom. The van der Waals surface area contributed by atoms with Crippen LogP contribution in [0, 0.1) is 0 Å². The fourth-order valence-electron chi connectivity index (χ4n) is 1.93. The van der Waals surface area contributed by atoms with Crippen molar-refractivity contribution in [1.82, 2.24) is 10.6 Å². The fraction of sp³-hybridized carbons (Fsp3) is 0.909. The van der Waals surface area contributed by atoms with Crippen LogP contribution in [0.4, 0.5) is 4.79 Å². The number of hydrogen-bond acceptors (Lipinski definition) is 2. The Hall–Kier alpha value is -0.770. The fourth-order valence-corrected chi connectivity index (χ4v) is 1.93. The van der Waals surface area contributed by atoms with Crippen molar-refractivity contribution in [3.8, 4) is 0 Å². The highest BCUT2D eigenvalue weighted by Gasteiger charge is 2.29. The molecule has 15 heavy (non-hydrogen) atoms. The van der Waals surface area contributed by atoms with E-state index in [0.29, 0.717) is 13.1 Å². The normalized spacial score (nSPS) is 19.6. The number of nitrogens with one attached hydrogen (secondary N) is 2. The lowest BCUT2D eigenvalue weighted by Gasteiger charge is -2.32. The summed E-state index contributed by atoms with van der Waals surface area (Å²) in [4.78, 5) is 11.3. The van der Waals surface area contributed by atoms with Crippen molar-refractivity contribution < 1.29 is 9.90 Å². The number of carbonyl (C=O) groups excluding carboxylic acids is 1. The second kappa shape index (κ2) is 5.95. The molecule has 0 aromatic rings. The van der Waals surface area contributed by atoms with Crippen molar-refractivity contribution in [1.29, 1.82) is 0 Å². The summed E-state index contributed by atoms with van der Waals surface area (Å²) in [5, 5.41) is 15.6. The SMILES string of the molecule is CCCNC(=O)NCC1(O)CCCCC1. The highest BCUT2D eigenvalue weighted by molar-refractivity contribution is 5.73. The average molecular weight is 214 g/mol. The zero-order valence-electron chi connectivity index (χ0n) is 9.51. The first kappa shape index (κ1) is 12.3. The smallest absolute Gasteiger partial charge is 0.314 e. The van der Waals surface area contributed by atoms with Crippen molar-refractivity contribution in [2.24, 2.45) is 0 Å². The molecule has 4 nitrogen and oxygen atoms in total. The topological polar surface area (TPSA) is 61.4 Å². The van der Waals surface area contributed by atoms with E-state index in [1.54, 1.807) is 0 Å². The van der Waals surface area contributed by atoms with Crippen molar-refractivity contribution in [2.45, 2.75) is 51.0 Å². The van der Waals surface area contributed by atoms with Gasteiger partial charge in [0.2, 0.25) is 0 Å². The maximum absolute atomic E-state index is 11.3. The molecule has 1 aliphatic carbocycles. The lowest BCUT2D eigenvalue weighted by Crippen LogP contribution is -2.47. The first-order chi connectivity index (χ1) is 7.16. The first-order valence-corrected chi connectivity index (χ1v) is 5.90. The molecule has 1 rings (SSSR count). The van der Waals surface area contributed by atoms with Crippen LogP contribution in [0.1, 0.15) is 45.4 Å². The molecule has 2 amide bonds. The number of hydrogen-bond donors (Lipinski definition) is 3. The van der Waals surface area contributed by atoms with E-state index in [1.807, 2.05) is 6.92 Å². The Morgan fingerprint density at radius 1 is 1.27 bits per heavy atom. The van der Waals surface area contributed by atoms with E-state index >= 15 is 0 Å². The standard InChI is InChI=1S/C11H22N2O2/c1-2-8-12-10(14)13-9-11(15)6-4-3-5-7-11/h15H,2-9H2,1H3,(H2,12,13,14). The minimum Gasteiger partial charge on any atom is -0.388 e. The third kappa shape index (κ3) is 4.51. The molecule has 0 atom stereocenters. The minimum atomic E-state index is -0.665. The van der Waals surface area contributed by atoms with Gasteiger partial charge in [0.15, 0.2) is 0 Å². The monoisotopic (exact) mass is 214 g/mol. The number of amides is 2. The van der Waals surface area contributed by atoms with Crippen LogP contribution in [-0.4, -0.2) is 29.8 Å². The Morgan fingerprint density at radius 3 is 2.53 bits per heavy atom. The molecule has 0 bridgehead atoms. The third-order valence-corrected chi connectivity index (χ3v) is 2.90. The summed E-state index contributed by atoms with van der Waals surface area (Å²) < 4.78 is 0. The molecule has 0 spiro atoms. The van der Waals surface area contributed by atoms with Crippen molar-refractivity contribution in [2.75, 3.05) is 13.1 Å². The van der Waals surface area contributed by atoms with Crippen LogP contribution in [0.15, 0.2) is 0 Å². The second-order valence-corrected chi connectivity index (χ2v) is 4.39. The van der Waals surface area contributed by atoms with Gasteiger partial charge in [0.25, 0.3) is 0 Å². The molecule has 0 aromatic carbocycles. The van der Waals surface area contributed by atoms with Crippen LogP contribution in [-0.2, 0) is 0 Å². The molecule has 1 saturated carbocycles. The largest absolute Gasteiger partial charge is 0.388 e. The molecule has 3 N–H and O–H groups in total. The molecular weight excluding hydrogens is 192 g/mol. The Bertz CT molecular complexity index is 201. The molecule has 1 fully saturated rings. The lowest BCUT2D eigenvalue weighted by atomic mass is 9.85. The van der Waals surface area contributed by atoms with Crippen LogP contribution in [0.2, 0.25) is 0 Å². The quantitative estimate of drug-likeness (QED) is 0.662. The van der Waals surface area contributed by atoms with Crippen LogP contribution < -0.4 is 10.6 Å². The second-order valence-electron chi connectivity index (χ2n) is 4.39. The highest BCUT2D eigenvalue weighted by Crippen LogP contribution is 2.27. The van der Waals surface area contributed by atoms with Crippen molar-refractivity contribution in [3.63, 3.8) is 0 Å². The Balaban J connectivity index is 2.19. The molecule has 1 aliphatic rings. The summed E-state index contributed by atoms with van der Waals surface area (Å²) in [6.07, 6.45) is 5.87. The number of aliphatic hydroxyl groups is 1. The summed E-state index contributed by atoms with van der Waals surface area (Å²) >= 11 is 0. The zero-order valence-corrected chi connectivity index (χ0v) is 9.51. The zero-order chi connectivity index (χ0) is 11.1. The molecule has 88 valence electrons. The highest BCUT2D eigenvalue weighted by atomic mass is 16.3. The summed E-state index contributed by atoms with van der Waals surface area (Å²) in [7, 11) is 0. The predicted octanol–water partition coefficient (Wildman–Crippen LogP) is 1.39. The van der Waals surface area contributed by atoms with Crippen LogP contribution in [0.5, 0.6) is 0 Å². The van der Waals surface area contributed by atoms with E-state index in [9.17, 15) is 9.90 Å². The molecule has 0 unspecified atom stereocenters. The predicted molar refractivity (Wildman–Crippen MR) is 59.7 cm³/mol. The third-order valence-electron chi connectivity index (χ3n) is 2.90. The van der Waals surface area contributed by atoms with Gasteiger partial charge in [0.1, 0.15) is 0 Å². The number of carbonyl (C=O) groups is 1. The van der Waals surface area contributed by atoms with Gasteiger partial charge < -0.3 is 15.7 Å². The Kier molecular flexibility index (Phi) is 4.88. The maximum Gasteiger partial charge on any atom is 0.314 e. The lowest BCUT2D eigenvalue weighted by molar-refractivity contribution is 0.00720. The first-order valence-electron chi connectivity index (χ1n) is 5.90. The Labute approximate surface area is 91.4 Å². The number of rotatable bonds is 4. The molecule has 0 aromatic heterocycles. The maximum atomic E-state index is 11.3. The van der Waals surface area contributed by atoms with Gasteiger partial charge in [-0.1, -0.05) is 26.2 Å². The molecule has 0 saturated heterocycles. The van der Waals surface area contributed by atoms with Crippen LogP contribution in [0.3, 0.4) is 0 Å². The van der Waals surface area contributed by atoms with Gasteiger partial charge in [0.05, 0.1) is 5.60 Å². The molecule has 0 aliphatic heterocycles. The van der Waals surface area contributed by atoms with E-state index in [-0.39, 0.29) is 6.03 Å². The molecule has 0 radical (unpaired) electrons. The molecular formula is C11H22N2O2. The van der Waals surface area contributed by atoms with Gasteiger partial charge in [-0.2, -0.15) is 0 Å². The molecule has 0 heterocycles. The van der Waals surface area contributed by atoms with Gasteiger partial charge in [-0.15, -0.1) is 0 Å². The number of urea groups is 1. The van der Waals surface area contributed by atoms with Gasteiger partial charge in [-0.25, -0.2) is 4.79 Å². The van der Waals surface area contributed by atoms with Gasteiger partial charge >= 0.3 is 6.03 Å². The average Bonchev–Trinajstić information content (AvgIpc) is 2.25.